The first-order valence-corrected chi connectivity index (χ1v) is 12.0. The van der Waals surface area contributed by atoms with Gasteiger partial charge in [0.25, 0.3) is 0 Å². The van der Waals surface area contributed by atoms with E-state index in [4.69, 9.17) is 11.6 Å². The average molecular weight is 524 g/mol. The van der Waals surface area contributed by atoms with Gasteiger partial charge in [-0.1, -0.05) is 23.7 Å². The summed E-state index contributed by atoms with van der Waals surface area (Å²) in [6, 6.07) is 6.06. The topological polar surface area (TPSA) is 86.8 Å². The molecule has 0 aromatic heterocycles. The van der Waals surface area contributed by atoms with Gasteiger partial charge in [0.05, 0.1) is 22.5 Å². The molecule has 0 heterocycles. The number of anilines is 1. The number of halogens is 5. The molecule has 0 aliphatic carbocycles. The van der Waals surface area contributed by atoms with Gasteiger partial charge in [0, 0.05) is 13.6 Å². The van der Waals surface area contributed by atoms with Crippen molar-refractivity contribution in [1.82, 2.24) is 10.2 Å². The molecule has 0 radical (unpaired) electrons. The van der Waals surface area contributed by atoms with E-state index in [2.05, 4.69) is 5.32 Å². The quantitative estimate of drug-likeness (QED) is 0.537. The summed E-state index contributed by atoms with van der Waals surface area (Å²) in [6.45, 7) is 0.270. The first-order chi connectivity index (χ1) is 15.6. The van der Waals surface area contributed by atoms with Gasteiger partial charge in [-0.05, 0) is 42.8 Å². The Balaban J connectivity index is 2.48. The monoisotopic (exact) mass is 523 g/mol. The van der Waals surface area contributed by atoms with Gasteiger partial charge in [0.2, 0.25) is 21.8 Å². The fourth-order valence-electron chi connectivity index (χ4n) is 3.05. The Morgan fingerprint density at radius 1 is 1.12 bits per heavy atom. The molecule has 186 valence electrons. The predicted octanol–water partition coefficient (Wildman–Crippen LogP) is 3.43. The van der Waals surface area contributed by atoms with Gasteiger partial charge >= 0.3 is 6.18 Å². The number of hydrogen-bond acceptors (Lipinski definition) is 4. The van der Waals surface area contributed by atoms with Crippen LogP contribution < -0.4 is 9.62 Å². The number of hydrogen-bond donors (Lipinski definition) is 1. The van der Waals surface area contributed by atoms with Crippen LogP contribution in [0.5, 0.6) is 0 Å². The van der Waals surface area contributed by atoms with E-state index in [9.17, 15) is 35.6 Å². The van der Waals surface area contributed by atoms with Gasteiger partial charge in [-0.2, -0.15) is 13.2 Å². The maximum absolute atomic E-state index is 13.3. The first-order valence-electron chi connectivity index (χ1n) is 9.75. The van der Waals surface area contributed by atoms with Crippen molar-refractivity contribution in [2.45, 2.75) is 25.7 Å². The summed E-state index contributed by atoms with van der Waals surface area (Å²) in [6.07, 6.45) is -4.07. The van der Waals surface area contributed by atoms with Crippen LogP contribution >= 0.6 is 11.6 Å². The third-order valence-corrected chi connectivity index (χ3v) is 6.35. The molecule has 0 saturated carbocycles. The number of benzene rings is 2. The largest absolute Gasteiger partial charge is 0.416 e. The number of sulfonamides is 1. The predicted molar refractivity (Wildman–Crippen MR) is 119 cm³/mol. The Labute approximate surface area is 199 Å². The van der Waals surface area contributed by atoms with Crippen molar-refractivity contribution in [2.24, 2.45) is 0 Å². The van der Waals surface area contributed by atoms with Crippen LogP contribution in [0.15, 0.2) is 42.5 Å². The highest BCUT2D eigenvalue weighted by atomic mass is 35.5. The van der Waals surface area contributed by atoms with Crippen LogP contribution in [0.3, 0.4) is 0 Å². The molecule has 2 aromatic rings. The minimum absolute atomic E-state index is 0.193. The van der Waals surface area contributed by atoms with Crippen molar-refractivity contribution in [3.05, 3.63) is 64.4 Å². The molecule has 2 rings (SSSR count). The Kier molecular flexibility index (Phi) is 8.54. The van der Waals surface area contributed by atoms with Crippen molar-refractivity contribution in [2.75, 3.05) is 24.2 Å². The number of rotatable bonds is 8. The van der Waals surface area contributed by atoms with Crippen LogP contribution in [-0.2, 0) is 32.3 Å². The molecule has 1 atom stereocenters. The maximum atomic E-state index is 13.3. The van der Waals surface area contributed by atoms with Gasteiger partial charge in [-0.3, -0.25) is 13.9 Å². The number of likely N-dealkylation sites (N-methyl/N-ethyl adjacent to an activating group) is 1. The van der Waals surface area contributed by atoms with E-state index in [1.807, 2.05) is 0 Å². The van der Waals surface area contributed by atoms with Crippen molar-refractivity contribution >= 4 is 39.1 Å². The fourth-order valence-corrected chi connectivity index (χ4v) is 4.18. The lowest BCUT2D eigenvalue weighted by Gasteiger charge is -2.31. The van der Waals surface area contributed by atoms with Crippen molar-refractivity contribution < 1.29 is 35.6 Å². The lowest BCUT2D eigenvalue weighted by atomic mass is 10.1. The van der Waals surface area contributed by atoms with Crippen molar-refractivity contribution in [3.8, 4) is 0 Å². The molecular formula is C21H22ClF4N3O4S. The van der Waals surface area contributed by atoms with Gasteiger partial charge in [0.1, 0.15) is 18.4 Å². The molecule has 0 bridgehead atoms. The Hall–Kier alpha value is -2.86. The van der Waals surface area contributed by atoms with Gasteiger partial charge in [-0.25, -0.2) is 12.8 Å². The SMILES string of the molecule is CNC(=O)[C@@H](C)N(Cc1ccc(F)cc1)C(=O)CN(c1cc(C(F)(F)F)ccc1Cl)S(C)(=O)=O. The minimum Gasteiger partial charge on any atom is -0.357 e. The Morgan fingerprint density at radius 2 is 1.71 bits per heavy atom. The zero-order valence-electron chi connectivity index (χ0n) is 18.4. The molecule has 13 heteroatoms. The second kappa shape index (κ2) is 10.6. The second-order valence-corrected chi connectivity index (χ2v) is 9.69. The highest BCUT2D eigenvalue weighted by Crippen LogP contribution is 2.36. The highest BCUT2D eigenvalue weighted by Gasteiger charge is 2.34. The standard InChI is InChI=1S/C21H22ClF4N3O4S/c1-13(20(31)27-2)28(11-14-4-7-16(23)8-5-14)19(30)12-29(34(3,32)33)18-10-15(21(24,25)26)6-9-17(18)22/h4-10,13H,11-12H2,1-3H3,(H,27,31)/t13-/m1/s1. The maximum Gasteiger partial charge on any atom is 0.416 e. The van der Waals surface area contributed by atoms with Gasteiger partial charge in [-0.15, -0.1) is 0 Å². The first kappa shape index (κ1) is 27.4. The molecule has 0 fully saturated rings. The Bertz CT molecular complexity index is 1160. The molecule has 0 spiro atoms. The lowest BCUT2D eigenvalue weighted by molar-refractivity contribution is -0.139. The van der Waals surface area contributed by atoms with Crippen molar-refractivity contribution in [1.29, 1.82) is 0 Å². The van der Waals surface area contributed by atoms with Crippen LogP contribution in [0, 0.1) is 5.82 Å². The lowest BCUT2D eigenvalue weighted by Crippen LogP contribution is -2.50. The number of nitrogens with one attached hydrogen (secondary N) is 1. The summed E-state index contributed by atoms with van der Waals surface area (Å²) in [5, 5.41) is 2.05. The summed E-state index contributed by atoms with van der Waals surface area (Å²) in [5.74, 6) is -1.98. The van der Waals surface area contributed by atoms with Gasteiger partial charge < -0.3 is 10.2 Å². The number of carbonyl (C=O) groups excluding carboxylic acids is 2. The molecule has 0 saturated heterocycles. The molecule has 0 aliphatic rings. The van der Waals surface area contributed by atoms with E-state index in [0.29, 0.717) is 28.3 Å². The molecule has 1 N–H and O–H groups in total. The third-order valence-electron chi connectivity index (χ3n) is 4.90. The van der Waals surface area contributed by atoms with E-state index in [0.717, 1.165) is 23.1 Å². The van der Waals surface area contributed by atoms with Crippen LogP contribution in [0.4, 0.5) is 23.2 Å². The highest BCUT2D eigenvalue weighted by molar-refractivity contribution is 7.92. The summed E-state index contributed by atoms with van der Waals surface area (Å²) < 4.78 is 78.2. The fraction of sp³-hybridized carbons (Fsp3) is 0.333. The zero-order valence-corrected chi connectivity index (χ0v) is 19.9. The molecule has 2 aromatic carbocycles. The van der Waals surface area contributed by atoms with Crippen LogP contribution in [0.1, 0.15) is 18.1 Å². The summed E-state index contributed by atoms with van der Waals surface area (Å²) >= 11 is 5.99. The van der Waals surface area contributed by atoms with E-state index >= 15 is 0 Å². The number of carbonyl (C=O) groups is 2. The number of amides is 2. The van der Waals surface area contributed by atoms with E-state index in [-0.39, 0.29) is 11.6 Å². The Morgan fingerprint density at radius 3 is 2.21 bits per heavy atom. The molecule has 7 nitrogen and oxygen atoms in total. The van der Waals surface area contributed by atoms with Crippen LogP contribution in [0.2, 0.25) is 5.02 Å². The molecule has 0 unspecified atom stereocenters. The number of nitrogens with zero attached hydrogens (tertiary/aromatic N) is 2. The normalized spacial score (nSPS) is 12.7. The second-order valence-electron chi connectivity index (χ2n) is 7.37. The van der Waals surface area contributed by atoms with Gasteiger partial charge in [0.15, 0.2) is 0 Å². The summed E-state index contributed by atoms with van der Waals surface area (Å²) in [5.41, 5.74) is -1.26. The molecule has 34 heavy (non-hydrogen) atoms. The van der Waals surface area contributed by atoms with E-state index in [1.54, 1.807) is 0 Å². The number of alkyl halides is 3. The molecular weight excluding hydrogens is 502 g/mol. The average Bonchev–Trinajstić information content (AvgIpc) is 2.74. The summed E-state index contributed by atoms with van der Waals surface area (Å²) in [7, 11) is -2.94. The van der Waals surface area contributed by atoms with E-state index in [1.165, 1.54) is 26.1 Å². The van der Waals surface area contributed by atoms with E-state index < -0.39 is 57.7 Å². The van der Waals surface area contributed by atoms with Crippen molar-refractivity contribution in [3.63, 3.8) is 0 Å². The zero-order chi connectivity index (χ0) is 25.8. The third kappa shape index (κ3) is 6.83. The van der Waals surface area contributed by atoms with Crippen LogP contribution in [0.25, 0.3) is 0 Å². The smallest absolute Gasteiger partial charge is 0.357 e. The minimum atomic E-state index is -4.78. The molecule has 0 aliphatic heterocycles. The molecule has 2 amide bonds. The van der Waals surface area contributed by atoms with Crippen LogP contribution in [-0.4, -0.2) is 51.0 Å². The summed E-state index contributed by atoms with van der Waals surface area (Å²) in [4.78, 5) is 26.5.